The maximum Gasteiger partial charge on any atom is 0.237 e. The van der Waals surface area contributed by atoms with E-state index in [4.69, 9.17) is 4.42 Å². The lowest BCUT2D eigenvalue weighted by Crippen LogP contribution is -2.30. The maximum absolute atomic E-state index is 11.2. The molecule has 2 heterocycles. The minimum atomic E-state index is 0.0391. The summed E-state index contributed by atoms with van der Waals surface area (Å²) in [6.45, 7) is 2.04. The number of hydrogen-bond donors (Lipinski definition) is 1. The molecule has 7 nitrogen and oxygen atoms in total. The third kappa shape index (κ3) is 3.55. The average molecular weight is 339 g/mol. The highest BCUT2D eigenvalue weighted by molar-refractivity contribution is 5.78. The molecule has 1 fully saturated rings. The first-order valence-corrected chi connectivity index (χ1v) is 8.66. The zero-order chi connectivity index (χ0) is 17.2. The number of para-hydroxylation sites is 1. The second-order valence-electron chi connectivity index (χ2n) is 6.73. The summed E-state index contributed by atoms with van der Waals surface area (Å²) < 4.78 is 7.68. The summed E-state index contributed by atoms with van der Waals surface area (Å²) in [6, 6.07) is 8.32. The van der Waals surface area contributed by atoms with Crippen LogP contribution < -0.4 is 5.32 Å². The number of fused-ring (bicyclic) bond motifs is 1. The van der Waals surface area contributed by atoms with Crippen LogP contribution in [-0.4, -0.2) is 31.9 Å². The lowest BCUT2D eigenvalue weighted by Gasteiger charge is -2.10. The Morgan fingerprint density at radius 1 is 1.28 bits per heavy atom. The van der Waals surface area contributed by atoms with Gasteiger partial charge in [-0.05, 0) is 31.2 Å². The van der Waals surface area contributed by atoms with Crippen LogP contribution >= 0.6 is 0 Å². The SMILES string of the molecule is CC(=O)N[C@H]1CC[C@@H](Cc2nnc(Cn3ncc4ccccc43)o2)C1. The Kier molecular flexibility index (Phi) is 4.21. The number of carbonyl (C=O) groups is 1. The zero-order valence-electron chi connectivity index (χ0n) is 14.2. The second kappa shape index (κ2) is 6.66. The van der Waals surface area contributed by atoms with Crippen LogP contribution in [0.15, 0.2) is 34.9 Å². The molecular formula is C18H21N5O2. The van der Waals surface area contributed by atoms with Gasteiger partial charge in [-0.15, -0.1) is 10.2 Å². The highest BCUT2D eigenvalue weighted by Gasteiger charge is 2.26. The minimum Gasteiger partial charge on any atom is -0.423 e. The fourth-order valence-electron chi connectivity index (χ4n) is 3.64. The van der Waals surface area contributed by atoms with Crippen LogP contribution in [0.25, 0.3) is 10.9 Å². The van der Waals surface area contributed by atoms with E-state index >= 15 is 0 Å². The van der Waals surface area contributed by atoms with Crippen LogP contribution in [0.3, 0.4) is 0 Å². The van der Waals surface area contributed by atoms with Gasteiger partial charge in [0.05, 0.1) is 11.7 Å². The molecular weight excluding hydrogens is 318 g/mol. The number of aromatic nitrogens is 4. The van der Waals surface area contributed by atoms with Gasteiger partial charge in [0.1, 0.15) is 6.54 Å². The van der Waals surface area contributed by atoms with Crippen molar-refractivity contribution in [2.24, 2.45) is 5.92 Å². The molecule has 0 spiro atoms. The second-order valence-corrected chi connectivity index (χ2v) is 6.73. The van der Waals surface area contributed by atoms with E-state index in [9.17, 15) is 4.79 Å². The molecule has 3 aromatic rings. The molecule has 0 aliphatic heterocycles. The molecule has 7 heteroatoms. The van der Waals surface area contributed by atoms with Crippen molar-refractivity contribution in [2.75, 3.05) is 0 Å². The zero-order valence-corrected chi connectivity index (χ0v) is 14.2. The summed E-state index contributed by atoms with van der Waals surface area (Å²) in [5.74, 6) is 1.76. The standard InChI is InChI=1S/C18H21N5O2/c1-12(24)20-15-7-6-13(8-15)9-17-21-22-18(25-17)11-23-16-5-3-2-4-14(16)10-19-23/h2-5,10,13,15H,6-9,11H2,1H3,(H,20,24)/t13-,15+/m1/s1. The van der Waals surface area contributed by atoms with Crippen LogP contribution in [0.5, 0.6) is 0 Å². The highest BCUT2D eigenvalue weighted by Crippen LogP contribution is 2.28. The first-order chi connectivity index (χ1) is 12.2. The van der Waals surface area contributed by atoms with Crippen molar-refractivity contribution in [3.63, 3.8) is 0 Å². The minimum absolute atomic E-state index is 0.0391. The summed E-state index contributed by atoms with van der Waals surface area (Å²) in [4.78, 5) is 11.2. The predicted octanol–water partition coefficient (Wildman–Crippen LogP) is 2.31. The third-order valence-corrected chi connectivity index (χ3v) is 4.76. The van der Waals surface area contributed by atoms with Gasteiger partial charge in [-0.25, -0.2) is 0 Å². The number of carbonyl (C=O) groups excluding carboxylic acids is 1. The molecule has 2 atom stereocenters. The van der Waals surface area contributed by atoms with E-state index in [-0.39, 0.29) is 11.9 Å². The average Bonchev–Trinajstić information content (AvgIpc) is 3.30. The molecule has 1 aliphatic rings. The van der Waals surface area contributed by atoms with Crippen LogP contribution in [0, 0.1) is 5.92 Å². The third-order valence-electron chi connectivity index (χ3n) is 4.76. The van der Waals surface area contributed by atoms with Crippen molar-refractivity contribution < 1.29 is 9.21 Å². The Morgan fingerprint density at radius 2 is 2.12 bits per heavy atom. The van der Waals surface area contributed by atoms with E-state index in [1.165, 1.54) is 0 Å². The summed E-state index contributed by atoms with van der Waals surface area (Å²) in [7, 11) is 0. The number of nitrogens with zero attached hydrogens (tertiary/aromatic N) is 4. The fourth-order valence-corrected chi connectivity index (χ4v) is 3.64. The summed E-state index contributed by atoms with van der Waals surface area (Å²) in [5.41, 5.74) is 1.05. The number of nitrogens with one attached hydrogen (secondary N) is 1. The molecule has 1 N–H and O–H groups in total. The fraction of sp³-hybridized carbons (Fsp3) is 0.444. The monoisotopic (exact) mass is 339 g/mol. The van der Waals surface area contributed by atoms with Crippen LogP contribution in [-0.2, 0) is 17.8 Å². The number of benzene rings is 1. The van der Waals surface area contributed by atoms with Gasteiger partial charge >= 0.3 is 0 Å². The molecule has 1 saturated carbocycles. The van der Waals surface area contributed by atoms with Gasteiger partial charge in [0.25, 0.3) is 0 Å². The molecule has 1 amide bonds. The van der Waals surface area contributed by atoms with Gasteiger partial charge in [0, 0.05) is 24.8 Å². The molecule has 0 saturated heterocycles. The van der Waals surface area contributed by atoms with Gasteiger partial charge in [0.15, 0.2) is 0 Å². The normalized spacial score (nSPS) is 20.2. The maximum atomic E-state index is 11.2. The molecule has 0 radical (unpaired) electrons. The molecule has 0 unspecified atom stereocenters. The predicted molar refractivity (Wildman–Crippen MR) is 91.8 cm³/mol. The number of amides is 1. The topological polar surface area (TPSA) is 85.8 Å². The van der Waals surface area contributed by atoms with Gasteiger partial charge in [-0.1, -0.05) is 18.2 Å². The van der Waals surface area contributed by atoms with E-state index < -0.39 is 0 Å². The summed E-state index contributed by atoms with van der Waals surface area (Å²) in [5, 5.41) is 16.8. The Balaban J connectivity index is 1.38. The van der Waals surface area contributed by atoms with Crippen molar-refractivity contribution in [2.45, 2.75) is 45.2 Å². The molecule has 4 rings (SSSR count). The largest absolute Gasteiger partial charge is 0.423 e. The van der Waals surface area contributed by atoms with Crippen molar-refractivity contribution in [1.29, 1.82) is 0 Å². The van der Waals surface area contributed by atoms with Crippen molar-refractivity contribution in [1.82, 2.24) is 25.3 Å². The molecule has 1 aromatic carbocycles. The van der Waals surface area contributed by atoms with Crippen LogP contribution in [0.2, 0.25) is 0 Å². The van der Waals surface area contributed by atoms with E-state index in [0.717, 1.165) is 36.6 Å². The van der Waals surface area contributed by atoms with E-state index in [0.29, 0.717) is 24.2 Å². The van der Waals surface area contributed by atoms with Crippen LogP contribution in [0.1, 0.15) is 38.0 Å². The summed E-state index contributed by atoms with van der Waals surface area (Å²) in [6.07, 6.45) is 5.67. The van der Waals surface area contributed by atoms with Gasteiger partial charge in [-0.3, -0.25) is 9.48 Å². The summed E-state index contributed by atoms with van der Waals surface area (Å²) >= 11 is 0. The van der Waals surface area contributed by atoms with Gasteiger partial charge < -0.3 is 9.73 Å². The van der Waals surface area contributed by atoms with E-state index in [1.807, 2.05) is 35.1 Å². The number of hydrogen-bond acceptors (Lipinski definition) is 5. The smallest absolute Gasteiger partial charge is 0.237 e. The first kappa shape index (κ1) is 15.8. The molecule has 1 aliphatic carbocycles. The highest BCUT2D eigenvalue weighted by atomic mass is 16.4. The Morgan fingerprint density at radius 3 is 3.00 bits per heavy atom. The quantitative estimate of drug-likeness (QED) is 0.771. The Bertz CT molecular complexity index is 884. The van der Waals surface area contributed by atoms with E-state index in [1.54, 1.807) is 6.92 Å². The van der Waals surface area contributed by atoms with E-state index in [2.05, 4.69) is 20.6 Å². The first-order valence-electron chi connectivity index (χ1n) is 8.66. The van der Waals surface area contributed by atoms with Crippen molar-refractivity contribution in [3.8, 4) is 0 Å². The number of rotatable bonds is 5. The lowest BCUT2D eigenvalue weighted by molar-refractivity contribution is -0.119. The van der Waals surface area contributed by atoms with Gasteiger partial charge in [-0.2, -0.15) is 5.10 Å². The Hall–Kier alpha value is -2.70. The molecule has 130 valence electrons. The van der Waals surface area contributed by atoms with Gasteiger partial charge in [0.2, 0.25) is 17.7 Å². The van der Waals surface area contributed by atoms with Crippen molar-refractivity contribution in [3.05, 3.63) is 42.2 Å². The van der Waals surface area contributed by atoms with Crippen molar-refractivity contribution >= 4 is 16.8 Å². The lowest BCUT2D eigenvalue weighted by atomic mass is 10.0. The molecule has 2 aromatic heterocycles. The molecule has 25 heavy (non-hydrogen) atoms. The Labute approximate surface area is 145 Å². The van der Waals surface area contributed by atoms with Crippen LogP contribution in [0.4, 0.5) is 0 Å². The molecule has 0 bridgehead atoms.